The summed E-state index contributed by atoms with van der Waals surface area (Å²) in [5.74, 6) is 1.52. The first-order valence-electron chi connectivity index (χ1n) is 14.4. The van der Waals surface area contributed by atoms with Crippen molar-refractivity contribution >= 4 is 10.9 Å². The molecule has 0 unspecified atom stereocenters. The fourth-order valence-electron chi connectivity index (χ4n) is 6.03. The van der Waals surface area contributed by atoms with Crippen molar-refractivity contribution in [3.8, 4) is 5.75 Å². The number of nitrogens with one attached hydrogen (secondary N) is 1. The second kappa shape index (κ2) is 12.1. The molecule has 8 heteroatoms. The Labute approximate surface area is 240 Å². The molecule has 8 nitrogen and oxygen atoms in total. The topological polar surface area (TPSA) is 88.9 Å². The van der Waals surface area contributed by atoms with Gasteiger partial charge in [-0.25, -0.2) is 4.68 Å². The lowest BCUT2D eigenvalue weighted by atomic mass is 9.95. The van der Waals surface area contributed by atoms with Crippen LogP contribution in [0.1, 0.15) is 72.3 Å². The fourth-order valence-corrected chi connectivity index (χ4v) is 6.03. The van der Waals surface area contributed by atoms with Crippen molar-refractivity contribution in [2.75, 3.05) is 7.11 Å². The summed E-state index contributed by atoms with van der Waals surface area (Å²) in [5.41, 5.74) is 4.72. The van der Waals surface area contributed by atoms with Gasteiger partial charge in [0.05, 0.1) is 13.2 Å². The predicted octanol–water partition coefficient (Wildman–Crippen LogP) is 6.13. The molecular formula is C33H36N6O2. The number of aromatic nitrogens is 5. The molecule has 210 valence electrons. The third kappa shape index (κ3) is 5.93. The van der Waals surface area contributed by atoms with E-state index in [2.05, 4.69) is 62.7 Å². The molecule has 0 amide bonds. The fraction of sp³-hybridized carbons (Fsp3) is 0.333. The van der Waals surface area contributed by atoms with Gasteiger partial charge in [-0.05, 0) is 77.0 Å². The van der Waals surface area contributed by atoms with Gasteiger partial charge in [0, 0.05) is 24.2 Å². The molecule has 1 saturated carbocycles. The average Bonchev–Trinajstić information content (AvgIpc) is 3.48. The molecule has 3 aromatic carbocycles. The molecule has 1 aliphatic carbocycles. The lowest BCUT2D eigenvalue weighted by molar-refractivity contribution is 0.186. The van der Waals surface area contributed by atoms with E-state index >= 15 is 0 Å². The zero-order valence-corrected chi connectivity index (χ0v) is 23.7. The molecule has 0 saturated heterocycles. The van der Waals surface area contributed by atoms with Gasteiger partial charge in [-0.2, -0.15) is 0 Å². The summed E-state index contributed by atoms with van der Waals surface area (Å²) in [7, 11) is 1.67. The summed E-state index contributed by atoms with van der Waals surface area (Å²) in [4.78, 5) is 19.3. The highest BCUT2D eigenvalue weighted by molar-refractivity contribution is 5.79. The lowest BCUT2D eigenvalue weighted by Gasteiger charge is -2.33. The van der Waals surface area contributed by atoms with E-state index in [1.807, 2.05) is 53.2 Å². The first kappa shape index (κ1) is 26.9. The van der Waals surface area contributed by atoms with E-state index < -0.39 is 6.04 Å². The van der Waals surface area contributed by atoms with Crippen molar-refractivity contribution in [3.63, 3.8) is 0 Å². The monoisotopic (exact) mass is 548 g/mol. The molecule has 1 atom stereocenters. The van der Waals surface area contributed by atoms with Crippen LogP contribution in [0.5, 0.6) is 5.75 Å². The van der Waals surface area contributed by atoms with Crippen LogP contribution in [-0.2, 0) is 13.1 Å². The summed E-state index contributed by atoms with van der Waals surface area (Å²) in [6.45, 7) is 3.27. The standard InChI is InChI=1S/C33H36N6O2/c1-23-13-18-30-26(19-23)20-29(33(40)34-30)31(32-35-36-37-39(32)27-11-7-4-8-12-27)38(21-24-9-5-3-6-10-24)22-25-14-16-28(41-2)17-15-25/h3,5-6,9-10,13-20,27,31H,4,7-8,11-12,21-22H2,1-2H3,(H,34,40)/t31-/m0/s1. The van der Waals surface area contributed by atoms with Gasteiger partial charge in [0.1, 0.15) is 11.8 Å². The molecule has 0 radical (unpaired) electrons. The van der Waals surface area contributed by atoms with E-state index in [4.69, 9.17) is 4.74 Å². The van der Waals surface area contributed by atoms with Crippen LogP contribution in [0.3, 0.4) is 0 Å². The Hall–Kier alpha value is -4.30. The molecule has 1 aliphatic rings. The third-order valence-corrected chi connectivity index (χ3v) is 8.14. The molecule has 5 aromatic rings. The maximum Gasteiger partial charge on any atom is 0.253 e. The molecule has 2 aromatic heterocycles. The Morgan fingerprint density at radius 3 is 2.41 bits per heavy atom. The zero-order valence-electron chi connectivity index (χ0n) is 23.7. The highest BCUT2D eigenvalue weighted by Crippen LogP contribution is 2.34. The van der Waals surface area contributed by atoms with Crippen LogP contribution >= 0.6 is 0 Å². The highest BCUT2D eigenvalue weighted by Gasteiger charge is 2.33. The lowest BCUT2D eigenvalue weighted by Crippen LogP contribution is -2.35. The van der Waals surface area contributed by atoms with Crippen LogP contribution in [0.25, 0.3) is 10.9 Å². The molecule has 0 bridgehead atoms. The summed E-state index contributed by atoms with van der Waals surface area (Å²) in [6, 6.07) is 26.3. The van der Waals surface area contributed by atoms with Crippen LogP contribution < -0.4 is 10.3 Å². The Morgan fingerprint density at radius 1 is 0.951 bits per heavy atom. The number of fused-ring (bicyclic) bond motifs is 1. The van der Waals surface area contributed by atoms with Crippen LogP contribution in [0.4, 0.5) is 0 Å². The minimum Gasteiger partial charge on any atom is -0.497 e. The van der Waals surface area contributed by atoms with E-state index in [1.54, 1.807) is 7.11 Å². The van der Waals surface area contributed by atoms with Crippen molar-refractivity contribution in [2.45, 2.75) is 64.2 Å². The number of benzene rings is 3. The van der Waals surface area contributed by atoms with E-state index in [-0.39, 0.29) is 11.6 Å². The minimum absolute atomic E-state index is 0.127. The van der Waals surface area contributed by atoms with E-state index in [0.717, 1.165) is 59.0 Å². The quantitative estimate of drug-likeness (QED) is 0.238. The van der Waals surface area contributed by atoms with Gasteiger partial charge in [0.2, 0.25) is 0 Å². The molecule has 1 N–H and O–H groups in total. The number of hydrogen-bond acceptors (Lipinski definition) is 6. The van der Waals surface area contributed by atoms with Crippen LogP contribution in [0, 0.1) is 6.92 Å². The molecular weight excluding hydrogens is 512 g/mol. The Bertz CT molecular complexity index is 1660. The third-order valence-electron chi connectivity index (χ3n) is 8.14. The molecule has 2 heterocycles. The molecule has 1 fully saturated rings. The molecule has 0 spiro atoms. The van der Waals surface area contributed by atoms with Gasteiger partial charge in [-0.15, -0.1) is 5.10 Å². The number of rotatable bonds is 9. The SMILES string of the molecule is COc1ccc(CN(Cc2ccccc2)[C@@H](c2cc3cc(C)ccc3[nH]c2=O)c2nnnn2C2CCCCC2)cc1. The second-order valence-corrected chi connectivity index (χ2v) is 11.1. The van der Waals surface area contributed by atoms with E-state index in [1.165, 1.54) is 6.42 Å². The van der Waals surface area contributed by atoms with Gasteiger partial charge in [-0.3, -0.25) is 9.69 Å². The van der Waals surface area contributed by atoms with Crippen molar-refractivity contribution in [3.05, 3.63) is 117 Å². The van der Waals surface area contributed by atoms with E-state index in [0.29, 0.717) is 24.5 Å². The largest absolute Gasteiger partial charge is 0.497 e. The number of tetrazole rings is 1. The number of nitrogens with zero attached hydrogens (tertiary/aromatic N) is 5. The van der Waals surface area contributed by atoms with Gasteiger partial charge < -0.3 is 9.72 Å². The summed E-state index contributed by atoms with van der Waals surface area (Å²) < 4.78 is 7.40. The Balaban J connectivity index is 1.52. The van der Waals surface area contributed by atoms with E-state index in [9.17, 15) is 4.79 Å². The van der Waals surface area contributed by atoms with Crippen molar-refractivity contribution < 1.29 is 4.74 Å². The Morgan fingerprint density at radius 2 is 1.68 bits per heavy atom. The number of hydrogen-bond donors (Lipinski definition) is 1. The molecule has 41 heavy (non-hydrogen) atoms. The van der Waals surface area contributed by atoms with Crippen LogP contribution in [0.2, 0.25) is 0 Å². The number of H-pyrrole nitrogens is 1. The second-order valence-electron chi connectivity index (χ2n) is 11.1. The maximum atomic E-state index is 13.9. The first-order valence-corrected chi connectivity index (χ1v) is 14.4. The Kier molecular flexibility index (Phi) is 7.91. The number of pyridine rings is 1. The number of aryl methyl sites for hydroxylation is 1. The summed E-state index contributed by atoms with van der Waals surface area (Å²) in [6.07, 6.45) is 5.62. The first-order chi connectivity index (χ1) is 20.1. The number of aromatic amines is 1. The van der Waals surface area contributed by atoms with Gasteiger partial charge in [0.25, 0.3) is 5.56 Å². The molecule has 6 rings (SSSR count). The summed E-state index contributed by atoms with van der Waals surface area (Å²) in [5, 5.41) is 14.3. The minimum atomic E-state index is -0.470. The zero-order chi connectivity index (χ0) is 28.2. The van der Waals surface area contributed by atoms with Crippen LogP contribution in [-0.4, -0.2) is 37.2 Å². The van der Waals surface area contributed by atoms with Crippen molar-refractivity contribution in [1.82, 2.24) is 30.1 Å². The van der Waals surface area contributed by atoms with Gasteiger partial charge >= 0.3 is 0 Å². The predicted molar refractivity (Wildman–Crippen MR) is 160 cm³/mol. The maximum absolute atomic E-state index is 13.9. The number of ether oxygens (including phenoxy) is 1. The summed E-state index contributed by atoms with van der Waals surface area (Å²) >= 11 is 0. The smallest absolute Gasteiger partial charge is 0.253 e. The van der Waals surface area contributed by atoms with Gasteiger partial charge in [-0.1, -0.05) is 73.4 Å². The van der Waals surface area contributed by atoms with Crippen LogP contribution in [0.15, 0.2) is 83.7 Å². The van der Waals surface area contributed by atoms with Crippen molar-refractivity contribution in [2.24, 2.45) is 0 Å². The average molecular weight is 549 g/mol. The number of methoxy groups -OCH3 is 1. The normalized spacial score (nSPS) is 14.9. The van der Waals surface area contributed by atoms with Crippen molar-refractivity contribution in [1.29, 1.82) is 0 Å². The van der Waals surface area contributed by atoms with Gasteiger partial charge in [0.15, 0.2) is 5.82 Å². The highest BCUT2D eigenvalue weighted by atomic mass is 16.5. The molecule has 0 aliphatic heterocycles.